The third-order valence-electron chi connectivity index (χ3n) is 3.86. The molecule has 2 aromatic carbocycles. The molecule has 0 aliphatic heterocycles. The van der Waals surface area contributed by atoms with E-state index < -0.39 is 0 Å². The zero-order valence-corrected chi connectivity index (χ0v) is 16.3. The van der Waals surface area contributed by atoms with Crippen LogP contribution in [0.15, 0.2) is 53.7 Å². The predicted molar refractivity (Wildman–Crippen MR) is 105 cm³/mol. The first kappa shape index (κ1) is 18.3. The van der Waals surface area contributed by atoms with Crippen molar-refractivity contribution < 1.29 is 9.47 Å². The molecule has 0 amide bonds. The van der Waals surface area contributed by atoms with E-state index in [-0.39, 0.29) is 0 Å². The van der Waals surface area contributed by atoms with Crippen LogP contribution in [0.3, 0.4) is 0 Å². The van der Waals surface area contributed by atoms with Gasteiger partial charge in [0.1, 0.15) is 11.5 Å². The molecule has 1 heterocycles. The molecular formula is C20H23N3O2S. The lowest BCUT2D eigenvalue weighted by Crippen LogP contribution is -2.02. The van der Waals surface area contributed by atoms with E-state index in [9.17, 15) is 0 Å². The third kappa shape index (κ3) is 3.85. The molecule has 3 rings (SSSR count). The second-order valence-electron chi connectivity index (χ2n) is 6.24. The minimum absolute atomic E-state index is 0.565. The smallest absolute Gasteiger partial charge is 0.196 e. The summed E-state index contributed by atoms with van der Waals surface area (Å²) in [5, 5.41) is 9.79. The van der Waals surface area contributed by atoms with Crippen LogP contribution in [-0.2, 0) is 0 Å². The van der Waals surface area contributed by atoms with Crippen molar-refractivity contribution in [2.75, 3.05) is 20.0 Å². The Labute approximate surface area is 158 Å². The summed E-state index contributed by atoms with van der Waals surface area (Å²) in [6, 6.07) is 15.8. The van der Waals surface area contributed by atoms with Crippen LogP contribution in [0.25, 0.3) is 17.1 Å². The van der Waals surface area contributed by atoms with Crippen LogP contribution in [0.5, 0.6) is 11.5 Å². The second-order valence-corrected chi connectivity index (χ2v) is 7.23. The topological polar surface area (TPSA) is 49.2 Å². The number of benzene rings is 2. The average Bonchev–Trinajstić information content (AvgIpc) is 3.10. The molecule has 136 valence electrons. The lowest BCUT2D eigenvalue weighted by Gasteiger charge is -2.13. The van der Waals surface area contributed by atoms with Crippen molar-refractivity contribution in [1.82, 2.24) is 14.8 Å². The van der Waals surface area contributed by atoms with Gasteiger partial charge in [-0.3, -0.25) is 4.57 Å². The Morgan fingerprint density at radius 2 is 1.69 bits per heavy atom. The molecule has 26 heavy (non-hydrogen) atoms. The fourth-order valence-corrected chi connectivity index (χ4v) is 3.47. The highest BCUT2D eigenvalue weighted by atomic mass is 32.2. The second kappa shape index (κ2) is 8.27. The number of hydrogen-bond acceptors (Lipinski definition) is 5. The van der Waals surface area contributed by atoms with E-state index in [1.54, 1.807) is 26.0 Å². The summed E-state index contributed by atoms with van der Waals surface area (Å²) in [4.78, 5) is 0. The number of para-hydroxylation sites is 1. The summed E-state index contributed by atoms with van der Waals surface area (Å²) < 4.78 is 12.9. The quantitative estimate of drug-likeness (QED) is 0.565. The standard InChI is InChI=1S/C20H23N3O2S/c1-14(2)13-26-20-22-21-19(17-7-5-6-8-18(17)25-4)23(20)15-9-11-16(24-3)12-10-15/h5-12,14H,13H2,1-4H3. The van der Waals surface area contributed by atoms with Gasteiger partial charge in [-0.25, -0.2) is 0 Å². The lowest BCUT2D eigenvalue weighted by atomic mass is 10.2. The molecule has 0 unspecified atom stereocenters. The average molecular weight is 369 g/mol. The van der Waals surface area contributed by atoms with Crippen LogP contribution in [0, 0.1) is 5.92 Å². The summed E-state index contributed by atoms with van der Waals surface area (Å²) in [6.07, 6.45) is 0. The fraction of sp³-hybridized carbons (Fsp3) is 0.300. The first-order valence-electron chi connectivity index (χ1n) is 8.50. The Bertz CT molecular complexity index is 860. The largest absolute Gasteiger partial charge is 0.497 e. The monoisotopic (exact) mass is 369 g/mol. The van der Waals surface area contributed by atoms with Crippen molar-refractivity contribution in [2.45, 2.75) is 19.0 Å². The van der Waals surface area contributed by atoms with Crippen molar-refractivity contribution in [3.05, 3.63) is 48.5 Å². The first-order chi connectivity index (χ1) is 12.6. The van der Waals surface area contributed by atoms with Crippen molar-refractivity contribution in [3.63, 3.8) is 0 Å². The van der Waals surface area contributed by atoms with E-state index in [0.29, 0.717) is 5.92 Å². The van der Waals surface area contributed by atoms with Gasteiger partial charge in [0.2, 0.25) is 0 Å². The van der Waals surface area contributed by atoms with Crippen LogP contribution < -0.4 is 9.47 Å². The molecule has 0 radical (unpaired) electrons. The van der Waals surface area contributed by atoms with E-state index in [1.165, 1.54) is 0 Å². The highest BCUT2D eigenvalue weighted by Crippen LogP contribution is 2.34. The Hall–Kier alpha value is -2.47. The normalized spacial score (nSPS) is 11.0. The highest BCUT2D eigenvalue weighted by molar-refractivity contribution is 7.99. The molecule has 0 saturated carbocycles. The Morgan fingerprint density at radius 3 is 2.35 bits per heavy atom. The summed E-state index contributed by atoms with van der Waals surface area (Å²) >= 11 is 1.71. The molecule has 1 aromatic heterocycles. The van der Waals surface area contributed by atoms with Gasteiger partial charge in [0, 0.05) is 5.75 Å². The summed E-state index contributed by atoms with van der Waals surface area (Å²) in [5.74, 6) is 3.89. The van der Waals surface area contributed by atoms with Gasteiger partial charge in [0.05, 0.1) is 25.5 Å². The van der Waals surface area contributed by atoms with Crippen molar-refractivity contribution in [2.24, 2.45) is 5.92 Å². The Balaban J connectivity index is 2.12. The molecule has 3 aromatic rings. The van der Waals surface area contributed by atoms with E-state index in [0.717, 1.165) is 39.5 Å². The van der Waals surface area contributed by atoms with Crippen LogP contribution in [0.4, 0.5) is 0 Å². The number of thioether (sulfide) groups is 1. The number of rotatable bonds is 7. The van der Waals surface area contributed by atoms with Gasteiger partial charge in [-0.05, 0) is 42.3 Å². The van der Waals surface area contributed by atoms with Gasteiger partial charge in [0.15, 0.2) is 11.0 Å². The van der Waals surface area contributed by atoms with Gasteiger partial charge in [0.25, 0.3) is 0 Å². The zero-order chi connectivity index (χ0) is 18.5. The number of aromatic nitrogens is 3. The maximum atomic E-state index is 5.53. The van der Waals surface area contributed by atoms with Gasteiger partial charge >= 0.3 is 0 Å². The highest BCUT2D eigenvalue weighted by Gasteiger charge is 2.19. The fourth-order valence-electron chi connectivity index (χ4n) is 2.57. The van der Waals surface area contributed by atoms with Gasteiger partial charge in [-0.15, -0.1) is 10.2 Å². The molecule has 0 aliphatic carbocycles. The zero-order valence-electron chi connectivity index (χ0n) is 15.5. The Kier molecular flexibility index (Phi) is 5.83. The predicted octanol–water partition coefficient (Wildman–Crippen LogP) is 4.70. The maximum Gasteiger partial charge on any atom is 0.196 e. The van der Waals surface area contributed by atoms with Crippen LogP contribution >= 0.6 is 11.8 Å². The summed E-state index contributed by atoms with van der Waals surface area (Å²) in [7, 11) is 3.33. The van der Waals surface area contributed by atoms with E-state index >= 15 is 0 Å². The molecule has 0 fully saturated rings. The number of methoxy groups -OCH3 is 2. The van der Waals surface area contributed by atoms with Gasteiger partial charge in [-0.2, -0.15) is 0 Å². The van der Waals surface area contributed by atoms with E-state index in [1.807, 2.05) is 48.5 Å². The van der Waals surface area contributed by atoms with Gasteiger partial charge in [-0.1, -0.05) is 37.7 Å². The minimum atomic E-state index is 0.565. The molecule has 0 aliphatic rings. The molecule has 0 N–H and O–H groups in total. The molecule has 0 bridgehead atoms. The number of nitrogens with zero attached hydrogens (tertiary/aromatic N) is 3. The summed E-state index contributed by atoms with van der Waals surface area (Å²) in [6.45, 7) is 4.39. The Morgan fingerprint density at radius 1 is 0.962 bits per heavy atom. The minimum Gasteiger partial charge on any atom is -0.497 e. The van der Waals surface area contributed by atoms with Crippen LogP contribution in [-0.4, -0.2) is 34.7 Å². The van der Waals surface area contributed by atoms with Crippen molar-refractivity contribution in [1.29, 1.82) is 0 Å². The number of ether oxygens (including phenoxy) is 2. The van der Waals surface area contributed by atoms with E-state index in [4.69, 9.17) is 9.47 Å². The summed E-state index contributed by atoms with van der Waals surface area (Å²) in [5.41, 5.74) is 1.90. The molecule has 0 spiro atoms. The maximum absolute atomic E-state index is 5.53. The van der Waals surface area contributed by atoms with E-state index in [2.05, 4.69) is 28.6 Å². The van der Waals surface area contributed by atoms with Crippen molar-refractivity contribution in [3.8, 4) is 28.6 Å². The molecule has 5 nitrogen and oxygen atoms in total. The molecule has 0 saturated heterocycles. The van der Waals surface area contributed by atoms with Crippen LogP contribution in [0.1, 0.15) is 13.8 Å². The third-order valence-corrected chi connectivity index (χ3v) is 5.21. The SMILES string of the molecule is COc1ccc(-n2c(SCC(C)C)nnc2-c2ccccc2OC)cc1. The molecular weight excluding hydrogens is 346 g/mol. The number of hydrogen-bond donors (Lipinski definition) is 0. The van der Waals surface area contributed by atoms with Crippen molar-refractivity contribution >= 4 is 11.8 Å². The van der Waals surface area contributed by atoms with Gasteiger partial charge < -0.3 is 9.47 Å². The molecule has 6 heteroatoms. The first-order valence-corrected chi connectivity index (χ1v) is 9.48. The lowest BCUT2D eigenvalue weighted by molar-refractivity contribution is 0.414. The molecule has 0 atom stereocenters. The van der Waals surface area contributed by atoms with Crippen LogP contribution in [0.2, 0.25) is 0 Å².